The zero-order valence-electron chi connectivity index (χ0n) is 19.2. The van der Waals surface area contributed by atoms with Crippen LogP contribution in [0.15, 0.2) is 41.6 Å². The summed E-state index contributed by atoms with van der Waals surface area (Å²) in [6.45, 7) is 2.99. The molecular formula is C23H24ClN5O5S. The number of halogens is 1. The maximum absolute atomic E-state index is 12.7. The molecule has 0 radical (unpaired) electrons. The standard InChI is InChI=1S/C23H24ClN5O5S/c1-14-10-19(29(31)32)20(33-2)11-18(14)25-21(30)13-35-23-27-26-22(15-5-7-16(24)8-6-15)28(23)12-17-4-3-9-34-17/h5-8,10-11,17H,3-4,9,12-13H2,1-2H3,(H,25,30). The van der Waals surface area contributed by atoms with Gasteiger partial charge in [-0.2, -0.15) is 0 Å². The lowest BCUT2D eigenvalue weighted by molar-refractivity contribution is -0.385. The number of rotatable bonds is 9. The molecule has 1 unspecified atom stereocenters. The number of benzene rings is 2. The number of methoxy groups -OCH3 is 1. The van der Waals surface area contributed by atoms with E-state index in [9.17, 15) is 14.9 Å². The van der Waals surface area contributed by atoms with E-state index in [1.807, 2.05) is 16.7 Å². The van der Waals surface area contributed by atoms with E-state index in [2.05, 4.69) is 15.5 Å². The molecule has 1 N–H and O–H groups in total. The molecule has 1 atom stereocenters. The molecule has 2 heterocycles. The molecule has 1 fully saturated rings. The van der Waals surface area contributed by atoms with Crippen molar-refractivity contribution in [2.75, 3.05) is 24.8 Å². The highest BCUT2D eigenvalue weighted by Crippen LogP contribution is 2.33. The maximum Gasteiger partial charge on any atom is 0.311 e. The summed E-state index contributed by atoms with van der Waals surface area (Å²) in [4.78, 5) is 23.4. The summed E-state index contributed by atoms with van der Waals surface area (Å²) in [6, 6.07) is 10.2. The van der Waals surface area contributed by atoms with Gasteiger partial charge in [0.25, 0.3) is 0 Å². The predicted octanol–water partition coefficient (Wildman–Crippen LogP) is 4.73. The molecule has 0 saturated carbocycles. The molecule has 35 heavy (non-hydrogen) atoms. The number of hydrogen-bond acceptors (Lipinski definition) is 8. The molecule has 0 spiro atoms. The fourth-order valence-corrected chi connectivity index (χ4v) is 4.67. The molecule has 3 aromatic rings. The second-order valence-corrected chi connectivity index (χ2v) is 9.37. The molecular weight excluding hydrogens is 494 g/mol. The Labute approximate surface area is 211 Å². The second kappa shape index (κ2) is 11.1. The Morgan fingerprint density at radius 2 is 2.11 bits per heavy atom. The zero-order valence-corrected chi connectivity index (χ0v) is 20.8. The van der Waals surface area contributed by atoms with E-state index in [0.717, 1.165) is 25.0 Å². The minimum Gasteiger partial charge on any atom is -0.490 e. The Balaban J connectivity index is 1.50. The van der Waals surface area contributed by atoms with Crippen LogP contribution < -0.4 is 10.1 Å². The number of nitrogens with one attached hydrogen (secondary N) is 1. The van der Waals surface area contributed by atoms with Crippen molar-refractivity contribution in [3.63, 3.8) is 0 Å². The highest BCUT2D eigenvalue weighted by molar-refractivity contribution is 7.99. The van der Waals surface area contributed by atoms with Crippen LogP contribution in [0.4, 0.5) is 11.4 Å². The number of carbonyl (C=O) groups excluding carboxylic acids is 1. The van der Waals surface area contributed by atoms with Gasteiger partial charge in [-0.3, -0.25) is 19.5 Å². The van der Waals surface area contributed by atoms with Crippen LogP contribution in [0.2, 0.25) is 5.02 Å². The largest absolute Gasteiger partial charge is 0.490 e. The average molecular weight is 518 g/mol. The summed E-state index contributed by atoms with van der Waals surface area (Å²) in [5, 5.41) is 23.9. The topological polar surface area (TPSA) is 121 Å². The first-order valence-corrected chi connectivity index (χ1v) is 12.3. The number of ether oxygens (including phenoxy) is 2. The monoisotopic (exact) mass is 517 g/mol. The van der Waals surface area contributed by atoms with Crippen molar-refractivity contribution in [2.24, 2.45) is 0 Å². The average Bonchev–Trinajstić information content (AvgIpc) is 3.49. The maximum atomic E-state index is 12.7. The van der Waals surface area contributed by atoms with E-state index >= 15 is 0 Å². The fraction of sp³-hybridized carbons (Fsp3) is 0.348. The molecule has 0 aliphatic carbocycles. The molecule has 0 bridgehead atoms. The van der Waals surface area contributed by atoms with Gasteiger partial charge < -0.3 is 14.8 Å². The van der Waals surface area contributed by atoms with Crippen LogP contribution in [0, 0.1) is 17.0 Å². The first-order chi connectivity index (χ1) is 16.9. The van der Waals surface area contributed by atoms with Crippen LogP contribution in [0.5, 0.6) is 5.75 Å². The number of nitrogens with zero attached hydrogens (tertiary/aromatic N) is 4. The Morgan fingerprint density at radius 1 is 1.34 bits per heavy atom. The van der Waals surface area contributed by atoms with Gasteiger partial charge in [0, 0.05) is 35.0 Å². The van der Waals surface area contributed by atoms with Crippen LogP contribution in [-0.4, -0.2) is 51.2 Å². The van der Waals surface area contributed by atoms with E-state index in [4.69, 9.17) is 21.1 Å². The number of hydrogen-bond donors (Lipinski definition) is 1. The fourth-order valence-electron chi connectivity index (χ4n) is 3.79. The van der Waals surface area contributed by atoms with Gasteiger partial charge in [0.15, 0.2) is 16.7 Å². The van der Waals surface area contributed by atoms with Crippen LogP contribution in [0.3, 0.4) is 0 Å². The summed E-state index contributed by atoms with van der Waals surface area (Å²) < 4.78 is 12.9. The molecule has 2 aromatic carbocycles. The van der Waals surface area contributed by atoms with Crippen LogP contribution in [0.1, 0.15) is 18.4 Å². The Kier molecular flexibility index (Phi) is 7.89. The molecule has 4 rings (SSSR count). The number of anilines is 1. The third-order valence-electron chi connectivity index (χ3n) is 5.56. The van der Waals surface area contributed by atoms with Crippen molar-refractivity contribution in [1.82, 2.24) is 14.8 Å². The normalized spacial score (nSPS) is 15.2. The highest BCUT2D eigenvalue weighted by Gasteiger charge is 2.23. The van der Waals surface area contributed by atoms with Crippen LogP contribution >= 0.6 is 23.4 Å². The molecule has 1 aliphatic rings. The van der Waals surface area contributed by atoms with Crippen LogP contribution in [0.25, 0.3) is 11.4 Å². The van der Waals surface area contributed by atoms with E-state index in [1.54, 1.807) is 19.1 Å². The summed E-state index contributed by atoms with van der Waals surface area (Å²) in [5.74, 6) is 0.542. The van der Waals surface area contributed by atoms with Gasteiger partial charge in [0.2, 0.25) is 5.91 Å². The smallest absolute Gasteiger partial charge is 0.311 e. The van der Waals surface area contributed by atoms with Gasteiger partial charge in [0.1, 0.15) is 0 Å². The van der Waals surface area contributed by atoms with E-state index < -0.39 is 4.92 Å². The van der Waals surface area contributed by atoms with Gasteiger partial charge in [-0.05, 0) is 49.6 Å². The number of nitro benzene ring substituents is 1. The van der Waals surface area contributed by atoms with Crippen LogP contribution in [-0.2, 0) is 16.1 Å². The quantitative estimate of drug-likeness (QED) is 0.245. The summed E-state index contributed by atoms with van der Waals surface area (Å²) >= 11 is 7.29. The molecule has 1 aromatic heterocycles. The summed E-state index contributed by atoms with van der Waals surface area (Å²) in [6.07, 6.45) is 2.01. The van der Waals surface area contributed by atoms with Crippen molar-refractivity contribution in [2.45, 2.75) is 37.6 Å². The summed E-state index contributed by atoms with van der Waals surface area (Å²) in [7, 11) is 1.35. The lowest BCUT2D eigenvalue weighted by Gasteiger charge is -2.15. The zero-order chi connectivity index (χ0) is 24.9. The van der Waals surface area contributed by atoms with Crippen molar-refractivity contribution in [3.05, 3.63) is 57.1 Å². The van der Waals surface area contributed by atoms with Gasteiger partial charge >= 0.3 is 5.69 Å². The minimum atomic E-state index is -0.521. The molecule has 1 aliphatic heterocycles. The minimum absolute atomic E-state index is 0.0560. The van der Waals surface area contributed by atoms with E-state index in [0.29, 0.717) is 33.8 Å². The number of carbonyl (C=O) groups is 1. The van der Waals surface area contributed by atoms with Crippen molar-refractivity contribution < 1.29 is 19.2 Å². The van der Waals surface area contributed by atoms with Crippen molar-refractivity contribution >= 4 is 40.6 Å². The third kappa shape index (κ3) is 5.92. The van der Waals surface area contributed by atoms with E-state index in [-0.39, 0.29) is 29.2 Å². The summed E-state index contributed by atoms with van der Waals surface area (Å²) in [5.41, 5.74) is 1.71. The predicted molar refractivity (Wildman–Crippen MR) is 133 cm³/mol. The Morgan fingerprint density at radius 3 is 2.77 bits per heavy atom. The number of nitro groups is 1. The number of aromatic nitrogens is 3. The van der Waals surface area contributed by atoms with E-state index in [1.165, 1.54) is 31.0 Å². The highest BCUT2D eigenvalue weighted by atomic mass is 35.5. The first-order valence-electron chi connectivity index (χ1n) is 10.9. The lowest BCUT2D eigenvalue weighted by Crippen LogP contribution is -2.18. The second-order valence-electron chi connectivity index (χ2n) is 7.99. The molecule has 1 saturated heterocycles. The van der Waals surface area contributed by atoms with Crippen molar-refractivity contribution in [1.29, 1.82) is 0 Å². The van der Waals surface area contributed by atoms with Gasteiger partial charge in [0.05, 0.1) is 30.4 Å². The molecule has 1 amide bonds. The lowest BCUT2D eigenvalue weighted by atomic mass is 10.1. The number of amides is 1. The SMILES string of the molecule is COc1cc(NC(=O)CSc2nnc(-c3ccc(Cl)cc3)n2CC2CCCO2)c(C)cc1[N+](=O)[O-]. The third-order valence-corrected chi connectivity index (χ3v) is 6.78. The number of aryl methyl sites for hydroxylation is 1. The van der Waals surface area contributed by atoms with Gasteiger partial charge in [-0.15, -0.1) is 10.2 Å². The molecule has 184 valence electrons. The first kappa shape index (κ1) is 25.0. The van der Waals surface area contributed by atoms with Gasteiger partial charge in [-0.1, -0.05) is 23.4 Å². The Hall–Kier alpha value is -3.15. The molecule has 12 heteroatoms. The Bertz CT molecular complexity index is 1230. The van der Waals surface area contributed by atoms with Crippen molar-refractivity contribution in [3.8, 4) is 17.1 Å². The van der Waals surface area contributed by atoms with Gasteiger partial charge in [-0.25, -0.2) is 0 Å². The molecule has 10 nitrogen and oxygen atoms in total. The number of thioether (sulfide) groups is 1.